The first-order valence-electron chi connectivity index (χ1n) is 9.43. The number of sulfonamides is 1. The monoisotopic (exact) mass is 430 g/mol. The topological polar surface area (TPSA) is 84.3 Å². The van der Waals surface area contributed by atoms with Crippen LogP contribution < -0.4 is 5.32 Å². The molecular formula is C20H22N4O3S2. The summed E-state index contributed by atoms with van der Waals surface area (Å²) in [5.74, 6) is -0.352. The Labute approximate surface area is 174 Å². The summed E-state index contributed by atoms with van der Waals surface area (Å²) in [4.78, 5) is 17.1. The van der Waals surface area contributed by atoms with Crippen LogP contribution in [0.4, 0.5) is 5.69 Å². The van der Waals surface area contributed by atoms with Crippen LogP contribution in [0.3, 0.4) is 0 Å². The van der Waals surface area contributed by atoms with Crippen LogP contribution in [-0.4, -0.2) is 41.3 Å². The van der Waals surface area contributed by atoms with Gasteiger partial charge in [0.25, 0.3) is 5.91 Å². The fourth-order valence-electron chi connectivity index (χ4n) is 3.41. The van der Waals surface area contributed by atoms with Crippen LogP contribution in [0.25, 0.3) is 10.6 Å². The predicted octanol–water partition coefficient (Wildman–Crippen LogP) is 3.58. The molecule has 1 fully saturated rings. The van der Waals surface area contributed by atoms with Crippen molar-refractivity contribution in [3.05, 3.63) is 53.8 Å². The van der Waals surface area contributed by atoms with E-state index in [0.29, 0.717) is 24.5 Å². The van der Waals surface area contributed by atoms with Gasteiger partial charge in [0.2, 0.25) is 10.0 Å². The molecule has 1 aliphatic rings. The highest BCUT2D eigenvalue weighted by atomic mass is 32.2. The number of hydrogen-bond donors (Lipinski definition) is 1. The summed E-state index contributed by atoms with van der Waals surface area (Å²) in [6.45, 7) is 1.06. The maximum absolute atomic E-state index is 12.9. The summed E-state index contributed by atoms with van der Waals surface area (Å²) in [7, 11) is -1.90. The molecule has 1 aliphatic heterocycles. The van der Waals surface area contributed by atoms with Gasteiger partial charge in [0.05, 0.1) is 0 Å². The van der Waals surface area contributed by atoms with Crippen molar-refractivity contribution in [1.29, 1.82) is 0 Å². The molecular weight excluding hydrogens is 408 g/mol. The zero-order chi connectivity index (χ0) is 20.4. The van der Waals surface area contributed by atoms with E-state index in [1.54, 1.807) is 29.1 Å². The van der Waals surface area contributed by atoms with Crippen LogP contribution in [0.2, 0.25) is 0 Å². The summed E-state index contributed by atoms with van der Waals surface area (Å²) < 4.78 is 28.8. The minimum absolute atomic E-state index is 0.158. The highest BCUT2D eigenvalue weighted by molar-refractivity contribution is 7.89. The number of piperidine rings is 1. The van der Waals surface area contributed by atoms with E-state index in [1.165, 1.54) is 16.6 Å². The molecule has 7 nitrogen and oxygen atoms in total. The second-order valence-electron chi connectivity index (χ2n) is 7.01. The molecule has 0 radical (unpaired) electrons. The Hall–Kier alpha value is -2.49. The quantitative estimate of drug-likeness (QED) is 0.671. The summed E-state index contributed by atoms with van der Waals surface area (Å²) in [6, 6.07) is 8.85. The number of carbonyl (C=O) groups excluding carboxylic acids is 1. The van der Waals surface area contributed by atoms with Crippen LogP contribution >= 0.6 is 11.3 Å². The van der Waals surface area contributed by atoms with Crippen LogP contribution in [-0.2, 0) is 17.1 Å². The molecule has 3 aromatic rings. The van der Waals surface area contributed by atoms with E-state index in [2.05, 4.69) is 10.3 Å². The normalized spacial score (nSPS) is 15.3. The fraction of sp³-hybridized carbons (Fsp3) is 0.300. The number of thiazole rings is 1. The predicted molar refractivity (Wildman–Crippen MR) is 114 cm³/mol. The van der Waals surface area contributed by atoms with Crippen molar-refractivity contribution in [2.24, 2.45) is 7.05 Å². The number of benzene rings is 1. The Morgan fingerprint density at radius 3 is 2.52 bits per heavy atom. The average Bonchev–Trinajstić information content (AvgIpc) is 3.39. The molecule has 1 saturated heterocycles. The number of aromatic nitrogens is 2. The summed E-state index contributed by atoms with van der Waals surface area (Å²) in [6.07, 6.45) is 6.05. The minimum Gasteiger partial charge on any atom is -0.345 e. The van der Waals surface area contributed by atoms with Gasteiger partial charge in [-0.05, 0) is 43.2 Å². The number of hydrogen-bond acceptors (Lipinski definition) is 5. The molecule has 0 bridgehead atoms. The number of carbonyl (C=O) groups is 1. The first kappa shape index (κ1) is 19.8. The third-order valence-electron chi connectivity index (χ3n) is 4.99. The molecule has 4 rings (SSSR count). The Balaban J connectivity index is 1.50. The molecule has 0 atom stereocenters. The standard InChI is InChI=1S/C20H22N4O3S2/c1-23-14-17(29(26,27)24-10-3-2-4-11-24)13-18(23)19(25)22-16-7-5-15(6-8-16)20-21-9-12-28-20/h5-9,12-14H,2-4,10-11H2,1H3,(H,22,25). The number of aryl methyl sites for hydroxylation is 1. The Morgan fingerprint density at radius 2 is 1.86 bits per heavy atom. The Bertz CT molecular complexity index is 1100. The lowest BCUT2D eigenvalue weighted by molar-refractivity contribution is 0.101. The van der Waals surface area contributed by atoms with Gasteiger partial charge in [-0.3, -0.25) is 4.79 Å². The van der Waals surface area contributed by atoms with Crippen molar-refractivity contribution in [3.8, 4) is 10.6 Å². The van der Waals surface area contributed by atoms with Gasteiger partial charge in [-0.2, -0.15) is 4.31 Å². The zero-order valence-electron chi connectivity index (χ0n) is 16.0. The molecule has 29 heavy (non-hydrogen) atoms. The van der Waals surface area contributed by atoms with E-state index < -0.39 is 10.0 Å². The second-order valence-corrected chi connectivity index (χ2v) is 9.84. The van der Waals surface area contributed by atoms with E-state index >= 15 is 0 Å². The van der Waals surface area contributed by atoms with Gasteiger partial charge in [-0.1, -0.05) is 6.42 Å². The van der Waals surface area contributed by atoms with Crippen LogP contribution in [0.1, 0.15) is 29.8 Å². The molecule has 9 heteroatoms. The minimum atomic E-state index is -3.57. The molecule has 1 aromatic carbocycles. The number of nitrogens with one attached hydrogen (secondary N) is 1. The molecule has 152 valence electrons. The highest BCUT2D eigenvalue weighted by Crippen LogP contribution is 2.25. The summed E-state index contributed by atoms with van der Waals surface area (Å²) in [5, 5.41) is 5.66. The van der Waals surface area contributed by atoms with Crippen molar-refractivity contribution in [1.82, 2.24) is 13.9 Å². The van der Waals surface area contributed by atoms with E-state index in [9.17, 15) is 13.2 Å². The number of nitrogens with zero attached hydrogens (tertiary/aromatic N) is 3. The van der Waals surface area contributed by atoms with Crippen molar-refractivity contribution in [2.45, 2.75) is 24.2 Å². The molecule has 0 spiro atoms. The SMILES string of the molecule is Cn1cc(S(=O)(=O)N2CCCCC2)cc1C(=O)Nc1ccc(-c2nccs2)cc1. The van der Waals surface area contributed by atoms with Gasteiger partial charge in [0, 0.05) is 49.2 Å². The second kappa shape index (κ2) is 8.10. The molecule has 2 aromatic heterocycles. The zero-order valence-corrected chi connectivity index (χ0v) is 17.7. The highest BCUT2D eigenvalue weighted by Gasteiger charge is 2.28. The third kappa shape index (κ3) is 4.12. The largest absolute Gasteiger partial charge is 0.345 e. The van der Waals surface area contributed by atoms with E-state index in [0.717, 1.165) is 29.8 Å². The van der Waals surface area contributed by atoms with E-state index in [1.807, 2.05) is 29.6 Å². The average molecular weight is 431 g/mol. The van der Waals surface area contributed by atoms with Crippen LogP contribution in [0.5, 0.6) is 0 Å². The third-order valence-corrected chi connectivity index (χ3v) is 7.67. The van der Waals surface area contributed by atoms with Crippen molar-refractivity contribution >= 4 is 33.0 Å². The van der Waals surface area contributed by atoms with E-state index in [4.69, 9.17) is 0 Å². The molecule has 0 unspecified atom stereocenters. The maximum Gasteiger partial charge on any atom is 0.272 e. The van der Waals surface area contributed by atoms with Gasteiger partial charge >= 0.3 is 0 Å². The Kier molecular flexibility index (Phi) is 5.53. The first-order chi connectivity index (χ1) is 13.9. The van der Waals surface area contributed by atoms with Crippen LogP contribution in [0, 0.1) is 0 Å². The molecule has 1 N–H and O–H groups in total. The maximum atomic E-state index is 12.9. The van der Waals surface area contributed by atoms with Gasteiger partial charge in [0.15, 0.2) is 0 Å². The van der Waals surface area contributed by atoms with Gasteiger partial charge in [-0.25, -0.2) is 13.4 Å². The molecule has 3 heterocycles. The van der Waals surface area contributed by atoms with Crippen LogP contribution in [0.15, 0.2) is 53.0 Å². The van der Waals surface area contributed by atoms with Crippen molar-refractivity contribution in [2.75, 3.05) is 18.4 Å². The van der Waals surface area contributed by atoms with Gasteiger partial charge < -0.3 is 9.88 Å². The van der Waals surface area contributed by atoms with Crippen molar-refractivity contribution in [3.63, 3.8) is 0 Å². The van der Waals surface area contributed by atoms with Gasteiger partial charge in [0.1, 0.15) is 15.6 Å². The molecule has 0 aliphatic carbocycles. The molecule has 0 saturated carbocycles. The lowest BCUT2D eigenvalue weighted by Gasteiger charge is -2.25. The lowest BCUT2D eigenvalue weighted by atomic mass is 10.2. The summed E-state index contributed by atoms with van der Waals surface area (Å²) >= 11 is 1.55. The Morgan fingerprint density at radius 1 is 1.14 bits per heavy atom. The smallest absolute Gasteiger partial charge is 0.272 e. The number of amides is 1. The number of rotatable bonds is 5. The molecule has 1 amide bonds. The number of anilines is 1. The lowest BCUT2D eigenvalue weighted by Crippen LogP contribution is -2.35. The van der Waals surface area contributed by atoms with Crippen molar-refractivity contribution < 1.29 is 13.2 Å². The first-order valence-corrected chi connectivity index (χ1v) is 11.7. The van der Waals surface area contributed by atoms with E-state index in [-0.39, 0.29) is 10.8 Å². The fourth-order valence-corrected chi connectivity index (χ4v) is 5.65. The van der Waals surface area contributed by atoms with Gasteiger partial charge in [-0.15, -0.1) is 11.3 Å². The summed E-state index contributed by atoms with van der Waals surface area (Å²) in [5.41, 5.74) is 1.91.